The van der Waals surface area contributed by atoms with E-state index in [0.29, 0.717) is 12.0 Å². The maximum atomic E-state index is 6.12. The minimum atomic E-state index is 0.394. The van der Waals surface area contributed by atoms with Crippen molar-refractivity contribution in [1.29, 1.82) is 0 Å². The van der Waals surface area contributed by atoms with Crippen molar-refractivity contribution in [3.05, 3.63) is 0 Å². The van der Waals surface area contributed by atoms with Gasteiger partial charge in [0.2, 0.25) is 0 Å². The number of aliphatic imine (C=N–C) groups is 1. The van der Waals surface area contributed by atoms with Crippen LogP contribution >= 0.6 is 0 Å². The van der Waals surface area contributed by atoms with Gasteiger partial charge in [0.05, 0.1) is 6.10 Å². The molecule has 1 saturated heterocycles. The van der Waals surface area contributed by atoms with Crippen LogP contribution in [0.4, 0.5) is 0 Å². The number of guanidine groups is 1. The lowest BCUT2D eigenvalue weighted by atomic mass is 10.1. The molecule has 104 valence electrons. The fourth-order valence-electron chi connectivity index (χ4n) is 3.13. The second-order valence-corrected chi connectivity index (χ2v) is 5.57. The van der Waals surface area contributed by atoms with Gasteiger partial charge in [-0.1, -0.05) is 19.3 Å². The third kappa shape index (κ3) is 3.61. The molecule has 4 nitrogen and oxygen atoms in total. The minimum absolute atomic E-state index is 0.394. The number of likely N-dealkylation sites (tertiary alicyclic amines) is 1. The third-order valence-electron chi connectivity index (χ3n) is 4.31. The molecule has 0 radical (unpaired) electrons. The first-order valence-electron chi connectivity index (χ1n) is 7.39. The number of hydrogen-bond acceptors (Lipinski definition) is 2. The molecule has 1 aliphatic heterocycles. The summed E-state index contributed by atoms with van der Waals surface area (Å²) in [5.41, 5.74) is 6.12. The van der Waals surface area contributed by atoms with Crippen molar-refractivity contribution in [2.75, 3.05) is 26.7 Å². The van der Waals surface area contributed by atoms with Gasteiger partial charge < -0.3 is 15.4 Å². The van der Waals surface area contributed by atoms with Crippen LogP contribution in [0.2, 0.25) is 0 Å². The highest BCUT2D eigenvalue weighted by atomic mass is 16.5. The van der Waals surface area contributed by atoms with Crippen molar-refractivity contribution in [2.24, 2.45) is 16.6 Å². The van der Waals surface area contributed by atoms with Crippen LogP contribution in [0.5, 0.6) is 0 Å². The maximum absolute atomic E-state index is 6.12. The SMILES string of the molecule is CO[C@@H]1CCC[C@@H]1CN=C(N)N1CCCCCC1. The summed E-state index contributed by atoms with van der Waals surface area (Å²) in [4.78, 5) is 6.86. The first-order chi connectivity index (χ1) is 8.81. The predicted octanol–water partition coefficient (Wildman–Crippen LogP) is 1.99. The molecule has 0 unspecified atom stereocenters. The summed E-state index contributed by atoms with van der Waals surface area (Å²) in [6, 6.07) is 0. The standard InChI is InChI=1S/C14H27N3O/c1-18-13-8-6-7-12(13)11-16-14(15)17-9-4-2-3-5-10-17/h12-13H,2-11H2,1H3,(H2,15,16)/t12-,13-/m1/s1. The molecule has 0 aromatic heterocycles. The Morgan fingerprint density at radius 1 is 1.17 bits per heavy atom. The van der Waals surface area contributed by atoms with Crippen molar-refractivity contribution < 1.29 is 4.74 Å². The number of methoxy groups -OCH3 is 1. The summed E-state index contributed by atoms with van der Waals surface area (Å²) in [5.74, 6) is 1.32. The molecule has 1 saturated carbocycles. The van der Waals surface area contributed by atoms with Crippen molar-refractivity contribution >= 4 is 5.96 Å². The van der Waals surface area contributed by atoms with E-state index in [1.54, 1.807) is 0 Å². The van der Waals surface area contributed by atoms with Gasteiger partial charge in [0.15, 0.2) is 5.96 Å². The van der Waals surface area contributed by atoms with Gasteiger partial charge >= 0.3 is 0 Å². The zero-order chi connectivity index (χ0) is 12.8. The van der Waals surface area contributed by atoms with Gasteiger partial charge in [-0.2, -0.15) is 0 Å². The highest BCUT2D eigenvalue weighted by molar-refractivity contribution is 5.78. The molecule has 2 rings (SSSR count). The van der Waals surface area contributed by atoms with Crippen LogP contribution in [-0.4, -0.2) is 43.7 Å². The highest BCUT2D eigenvalue weighted by Gasteiger charge is 2.26. The van der Waals surface area contributed by atoms with Crippen molar-refractivity contribution in [3.63, 3.8) is 0 Å². The molecule has 2 aliphatic rings. The molecule has 18 heavy (non-hydrogen) atoms. The Bertz CT molecular complexity index is 272. The largest absolute Gasteiger partial charge is 0.381 e. The molecule has 2 N–H and O–H groups in total. The van der Waals surface area contributed by atoms with E-state index in [4.69, 9.17) is 10.5 Å². The lowest BCUT2D eigenvalue weighted by Crippen LogP contribution is -2.38. The van der Waals surface area contributed by atoms with Gasteiger partial charge in [-0.05, 0) is 25.7 Å². The summed E-state index contributed by atoms with van der Waals surface area (Å²) in [6.07, 6.45) is 9.24. The Kier molecular flexibility index (Phi) is 5.29. The lowest BCUT2D eigenvalue weighted by molar-refractivity contribution is 0.0742. The second-order valence-electron chi connectivity index (χ2n) is 5.57. The van der Waals surface area contributed by atoms with Gasteiger partial charge in [0.1, 0.15) is 0 Å². The summed E-state index contributed by atoms with van der Waals surface area (Å²) in [7, 11) is 1.81. The Hall–Kier alpha value is -0.770. The van der Waals surface area contributed by atoms with Crippen molar-refractivity contribution in [1.82, 2.24) is 4.90 Å². The Labute approximate surface area is 111 Å². The molecule has 0 spiro atoms. The minimum Gasteiger partial charge on any atom is -0.381 e. The number of nitrogens with zero attached hydrogens (tertiary/aromatic N) is 2. The van der Waals surface area contributed by atoms with Gasteiger partial charge in [0, 0.05) is 32.7 Å². The van der Waals surface area contributed by atoms with Crippen LogP contribution in [0.15, 0.2) is 4.99 Å². The van der Waals surface area contributed by atoms with E-state index in [-0.39, 0.29) is 0 Å². The molecule has 1 aliphatic carbocycles. The lowest BCUT2D eigenvalue weighted by Gasteiger charge is -2.22. The Morgan fingerprint density at radius 3 is 2.56 bits per heavy atom. The first kappa shape index (κ1) is 13.7. The average molecular weight is 253 g/mol. The van der Waals surface area contributed by atoms with Gasteiger partial charge in [-0.25, -0.2) is 0 Å². The van der Waals surface area contributed by atoms with Crippen LogP contribution in [0, 0.1) is 5.92 Å². The average Bonchev–Trinajstić information content (AvgIpc) is 2.67. The molecule has 0 aromatic rings. The zero-order valence-corrected chi connectivity index (χ0v) is 11.6. The molecular formula is C14H27N3O. The van der Waals surface area contributed by atoms with Crippen LogP contribution in [0.3, 0.4) is 0 Å². The maximum Gasteiger partial charge on any atom is 0.191 e. The van der Waals surface area contributed by atoms with E-state index in [1.807, 2.05) is 7.11 Å². The fraction of sp³-hybridized carbons (Fsp3) is 0.929. The number of ether oxygens (including phenoxy) is 1. The fourth-order valence-corrected chi connectivity index (χ4v) is 3.13. The van der Waals surface area contributed by atoms with Crippen LogP contribution in [-0.2, 0) is 4.74 Å². The topological polar surface area (TPSA) is 50.9 Å². The normalized spacial score (nSPS) is 30.5. The monoisotopic (exact) mass is 253 g/mol. The Morgan fingerprint density at radius 2 is 1.89 bits per heavy atom. The number of hydrogen-bond donors (Lipinski definition) is 1. The molecule has 2 atom stereocenters. The summed E-state index contributed by atoms with van der Waals surface area (Å²) in [5, 5.41) is 0. The molecule has 2 fully saturated rings. The third-order valence-corrected chi connectivity index (χ3v) is 4.31. The van der Waals surface area contributed by atoms with Gasteiger partial charge in [-0.3, -0.25) is 4.99 Å². The van der Waals surface area contributed by atoms with Crippen molar-refractivity contribution in [3.8, 4) is 0 Å². The molecule has 0 amide bonds. The zero-order valence-electron chi connectivity index (χ0n) is 11.6. The van der Waals surface area contributed by atoms with E-state index in [9.17, 15) is 0 Å². The van der Waals surface area contributed by atoms with Gasteiger partial charge in [0.25, 0.3) is 0 Å². The number of rotatable bonds is 3. The number of nitrogens with two attached hydrogens (primary N) is 1. The van der Waals surface area contributed by atoms with E-state index < -0.39 is 0 Å². The molecule has 0 aromatic carbocycles. The molecular weight excluding hydrogens is 226 g/mol. The smallest absolute Gasteiger partial charge is 0.191 e. The first-order valence-corrected chi connectivity index (χ1v) is 7.39. The molecule has 0 bridgehead atoms. The van der Waals surface area contributed by atoms with Crippen LogP contribution in [0.1, 0.15) is 44.9 Å². The second kappa shape index (κ2) is 6.98. The van der Waals surface area contributed by atoms with E-state index in [0.717, 1.165) is 25.6 Å². The van der Waals surface area contributed by atoms with E-state index in [2.05, 4.69) is 9.89 Å². The molecule has 1 heterocycles. The summed E-state index contributed by atoms with van der Waals surface area (Å²) >= 11 is 0. The van der Waals surface area contributed by atoms with Gasteiger partial charge in [-0.15, -0.1) is 0 Å². The quantitative estimate of drug-likeness (QED) is 0.618. The van der Waals surface area contributed by atoms with E-state index in [1.165, 1.54) is 44.9 Å². The highest BCUT2D eigenvalue weighted by Crippen LogP contribution is 2.28. The summed E-state index contributed by atoms with van der Waals surface area (Å²) in [6.45, 7) is 2.99. The van der Waals surface area contributed by atoms with E-state index >= 15 is 0 Å². The van der Waals surface area contributed by atoms with Crippen molar-refractivity contribution in [2.45, 2.75) is 51.0 Å². The molecule has 4 heteroatoms. The summed E-state index contributed by atoms with van der Waals surface area (Å²) < 4.78 is 5.50. The Balaban J connectivity index is 1.83. The van der Waals surface area contributed by atoms with Crippen LogP contribution < -0.4 is 5.73 Å². The van der Waals surface area contributed by atoms with Crippen LogP contribution in [0.25, 0.3) is 0 Å². The predicted molar refractivity (Wildman–Crippen MR) is 74.7 cm³/mol.